The van der Waals surface area contributed by atoms with Gasteiger partial charge in [-0.2, -0.15) is 5.26 Å². The molecular formula is C11H14N4O3S. The molecule has 0 fully saturated rings. The summed E-state index contributed by atoms with van der Waals surface area (Å²) in [5.41, 5.74) is 5.71. The fourth-order valence-electron chi connectivity index (χ4n) is 1.26. The molecule has 0 aromatic heterocycles. The van der Waals surface area contributed by atoms with Crippen LogP contribution in [0, 0.1) is 11.3 Å². The van der Waals surface area contributed by atoms with Gasteiger partial charge in [0.25, 0.3) is 0 Å². The number of rotatable bonds is 4. The number of amides is 1. The zero-order valence-electron chi connectivity index (χ0n) is 10.5. The Morgan fingerprint density at radius 1 is 1.47 bits per heavy atom. The minimum Gasteiger partial charge on any atom is -0.399 e. The lowest BCUT2D eigenvalue weighted by Gasteiger charge is -2.12. The molecule has 19 heavy (non-hydrogen) atoms. The monoisotopic (exact) mass is 282 g/mol. The summed E-state index contributed by atoms with van der Waals surface area (Å²) in [4.78, 5) is 12.4. The van der Waals surface area contributed by atoms with E-state index in [1.807, 2.05) is 0 Å². The first kappa shape index (κ1) is 14.9. The standard InChI is InChI=1S/C11H14N4O3S/c1-15(2)11(16)7-14-19(17,18)10-4-3-9(13)5-8(10)6-12/h3-5,14H,7,13H2,1-2H3. The third-order valence-electron chi connectivity index (χ3n) is 2.33. The molecule has 1 aromatic carbocycles. The van der Waals surface area contributed by atoms with Crippen molar-refractivity contribution in [3.05, 3.63) is 23.8 Å². The molecule has 1 amide bonds. The molecule has 0 aliphatic carbocycles. The predicted molar refractivity (Wildman–Crippen MR) is 69.5 cm³/mol. The van der Waals surface area contributed by atoms with Crippen LogP contribution in [0.4, 0.5) is 5.69 Å². The number of nitrogens with one attached hydrogen (secondary N) is 1. The smallest absolute Gasteiger partial charge is 0.242 e. The highest BCUT2D eigenvalue weighted by molar-refractivity contribution is 7.89. The van der Waals surface area contributed by atoms with Gasteiger partial charge in [-0.1, -0.05) is 0 Å². The van der Waals surface area contributed by atoms with Gasteiger partial charge in [-0.05, 0) is 18.2 Å². The van der Waals surface area contributed by atoms with Crippen LogP contribution in [0.15, 0.2) is 23.1 Å². The Labute approximate surface area is 111 Å². The molecule has 0 unspecified atom stereocenters. The van der Waals surface area contributed by atoms with Gasteiger partial charge < -0.3 is 10.6 Å². The lowest BCUT2D eigenvalue weighted by molar-refractivity contribution is -0.127. The number of nitriles is 1. The van der Waals surface area contributed by atoms with Crippen molar-refractivity contribution >= 4 is 21.6 Å². The molecule has 102 valence electrons. The maximum absolute atomic E-state index is 12.0. The lowest BCUT2D eigenvalue weighted by Crippen LogP contribution is -2.36. The average Bonchev–Trinajstić information content (AvgIpc) is 2.35. The molecule has 0 aliphatic rings. The highest BCUT2D eigenvalue weighted by Gasteiger charge is 2.20. The van der Waals surface area contributed by atoms with E-state index in [0.29, 0.717) is 5.69 Å². The largest absolute Gasteiger partial charge is 0.399 e. The fraction of sp³-hybridized carbons (Fsp3) is 0.273. The highest BCUT2D eigenvalue weighted by Crippen LogP contribution is 2.17. The van der Waals surface area contributed by atoms with E-state index in [0.717, 1.165) is 0 Å². The van der Waals surface area contributed by atoms with Crippen LogP contribution >= 0.6 is 0 Å². The van der Waals surface area contributed by atoms with Crippen molar-refractivity contribution in [2.24, 2.45) is 0 Å². The number of hydrogen-bond donors (Lipinski definition) is 2. The number of anilines is 1. The molecular weight excluding hydrogens is 268 g/mol. The van der Waals surface area contributed by atoms with E-state index in [2.05, 4.69) is 4.72 Å². The number of carbonyl (C=O) groups is 1. The van der Waals surface area contributed by atoms with Gasteiger partial charge >= 0.3 is 0 Å². The number of carbonyl (C=O) groups excluding carboxylic acids is 1. The molecule has 0 radical (unpaired) electrons. The number of benzene rings is 1. The van der Waals surface area contributed by atoms with Crippen molar-refractivity contribution in [3.63, 3.8) is 0 Å². The molecule has 0 saturated carbocycles. The maximum Gasteiger partial charge on any atom is 0.242 e. The van der Waals surface area contributed by atoms with E-state index in [9.17, 15) is 13.2 Å². The number of nitrogen functional groups attached to an aromatic ring is 1. The van der Waals surface area contributed by atoms with Gasteiger partial charge in [-0.3, -0.25) is 4.79 Å². The Bertz CT molecular complexity index is 632. The number of nitrogens with zero attached hydrogens (tertiary/aromatic N) is 2. The Kier molecular flexibility index (Phi) is 4.47. The summed E-state index contributed by atoms with van der Waals surface area (Å²) in [6.07, 6.45) is 0. The van der Waals surface area contributed by atoms with E-state index in [1.165, 1.54) is 37.2 Å². The van der Waals surface area contributed by atoms with Gasteiger partial charge in [0.05, 0.1) is 17.0 Å². The highest BCUT2D eigenvalue weighted by atomic mass is 32.2. The van der Waals surface area contributed by atoms with Gasteiger partial charge in [0.2, 0.25) is 15.9 Å². The first-order valence-corrected chi connectivity index (χ1v) is 6.75. The van der Waals surface area contributed by atoms with E-state index >= 15 is 0 Å². The zero-order chi connectivity index (χ0) is 14.6. The van der Waals surface area contributed by atoms with Gasteiger partial charge in [0, 0.05) is 19.8 Å². The number of likely N-dealkylation sites (N-methyl/N-ethyl adjacent to an activating group) is 1. The quantitative estimate of drug-likeness (QED) is 0.723. The zero-order valence-corrected chi connectivity index (χ0v) is 11.4. The number of sulfonamides is 1. The van der Waals surface area contributed by atoms with Crippen molar-refractivity contribution in [2.75, 3.05) is 26.4 Å². The van der Waals surface area contributed by atoms with Crippen LogP contribution in [0.1, 0.15) is 5.56 Å². The molecule has 0 aliphatic heterocycles. The van der Waals surface area contributed by atoms with Gasteiger partial charge in [0.1, 0.15) is 6.07 Å². The van der Waals surface area contributed by atoms with Crippen molar-refractivity contribution in [2.45, 2.75) is 4.90 Å². The average molecular weight is 282 g/mol. The second-order valence-corrected chi connectivity index (χ2v) is 5.72. The normalized spacial score (nSPS) is 10.8. The summed E-state index contributed by atoms with van der Waals surface area (Å²) >= 11 is 0. The van der Waals surface area contributed by atoms with Gasteiger partial charge in [-0.25, -0.2) is 13.1 Å². The molecule has 0 bridgehead atoms. The predicted octanol–water partition coefficient (Wildman–Crippen LogP) is -0.493. The molecule has 8 heteroatoms. The van der Waals surface area contributed by atoms with Gasteiger partial charge in [0.15, 0.2) is 0 Å². The second-order valence-electron chi connectivity index (χ2n) is 3.98. The van der Waals surface area contributed by atoms with Crippen LogP contribution in [0.2, 0.25) is 0 Å². The Balaban J connectivity index is 3.02. The third kappa shape index (κ3) is 3.67. The third-order valence-corrected chi connectivity index (χ3v) is 3.79. The number of nitrogens with two attached hydrogens (primary N) is 1. The molecule has 0 heterocycles. The van der Waals surface area contributed by atoms with Crippen molar-refractivity contribution < 1.29 is 13.2 Å². The van der Waals surface area contributed by atoms with E-state index in [4.69, 9.17) is 11.0 Å². The summed E-state index contributed by atoms with van der Waals surface area (Å²) in [7, 11) is -0.895. The summed E-state index contributed by atoms with van der Waals surface area (Å²) < 4.78 is 26.1. The van der Waals surface area contributed by atoms with Crippen LogP contribution in [0.25, 0.3) is 0 Å². The molecule has 0 saturated heterocycles. The topological polar surface area (TPSA) is 116 Å². The van der Waals surface area contributed by atoms with Crippen molar-refractivity contribution in [3.8, 4) is 6.07 Å². The minimum atomic E-state index is -3.92. The molecule has 3 N–H and O–H groups in total. The van der Waals surface area contributed by atoms with Crippen LogP contribution in [-0.2, 0) is 14.8 Å². The molecule has 0 spiro atoms. The van der Waals surface area contributed by atoms with Crippen LogP contribution in [0.3, 0.4) is 0 Å². The van der Waals surface area contributed by atoms with Crippen LogP contribution in [0.5, 0.6) is 0 Å². The lowest BCUT2D eigenvalue weighted by atomic mass is 10.2. The molecule has 0 atom stereocenters. The van der Waals surface area contributed by atoms with Gasteiger partial charge in [-0.15, -0.1) is 0 Å². The van der Waals surface area contributed by atoms with E-state index in [1.54, 1.807) is 6.07 Å². The van der Waals surface area contributed by atoms with Crippen LogP contribution in [-0.4, -0.2) is 39.9 Å². The maximum atomic E-state index is 12.0. The number of hydrogen-bond acceptors (Lipinski definition) is 5. The summed E-state index contributed by atoms with van der Waals surface area (Å²) in [5, 5.41) is 8.90. The summed E-state index contributed by atoms with van der Waals surface area (Å²) in [5.74, 6) is -0.391. The molecule has 1 rings (SSSR count). The Morgan fingerprint density at radius 2 is 2.11 bits per heavy atom. The Morgan fingerprint density at radius 3 is 2.63 bits per heavy atom. The summed E-state index contributed by atoms with van der Waals surface area (Å²) in [6.45, 7) is -0.370. The van der Waals surface area contributed by atoms with E-state index < -0.39 is 15.9 Å². The minimum absolute atomic E-state index is 0.0650. The van der Waals surface area contributed by atoms with Crippen molar-refractivity contribution in [1.82, 2.24) is 9.62 Å². The summed E-state index contributed by atoms with van der Waals surface area (Å²) in [6, 6.07) is 5.64. The Hall–Kier alpha value is -2.11. The van der Waals surface area contributed by atoms with Crippen molar-refractivity contribution in [1.29, 1.82) is 5.26 Å². The molecule has 7 nitrogen and oxygen atoms in total. The van der Waals surface area contributed by atoms with E-state index in [-0.39, 0.29) is 17.0 Å². The van der Waals surface area contributed by atoms with Crippen LogP contribution < -0.4 is 10.5 Å². The second kappa shape index (κ2) is 5.69. The first-order valence-electron chi connectivity index (χ1n) is 5.27. The SMILES string of the molecule is CN(C)C(=O)CNS(=O)(=O)c1ccc(N)cc1C#N. The molecule has 1 aromatic rings. The first-order chi connectivity index (χ1) is 8.77. The fourth-order valence-corrected chi connectivity index (χ4v) is 2.37.